The van der Waals surface area contributed by atoms with E-state index in [1.165, 1.54) is 0 Å². The lowest BCUT2D eigenvalue weighted by atomic mass is 10.1. The quantitative estimate of drug-likeness (QED) is 0.149. The summed E-state index contributed by atoms with van der Waals surface area (Å²) in [6.45, 7) is 1.62. The number of para-hydroxylation sites is 2. The zero-order valence-electron chi connectivity index (χ0n) is 28.1. The van der Waals surface area contributed by atoms with Gasteiger partial charge in [0.1, 0.15) is 58.3 Å². The molecule has 0 saturated carbocycles. The van der Waals surface area contributed by atoms with Crippen molar-refractivity contribution in [1.82, 2.24) is 29.1 Å². The van der Waals surface area contributed by atoms with Gasteiger partial charge in [-0.3, -0.25) is 19.7 Å². The van der Waals surface area contributed by atoms with Gasteiger partial charge in [-0.1, -0.05) is 24.3 Å². The number of carbonyl (C=O) groups is 1. The molecule has 51 heavy (non-hydrogen) atoms. The number of benzene rings is 4. The zero-order valence-corrected chi connectivity index (χ0v) is 28.1. The molecule has 0 radical (unpaired) electrons. The Balaban J connectivity index is 0.994. The predicted molar refractivity (Wildman–Crippen MR) is 194 cm³/mol. The van der Waals surface area contributed by atoms with E-state index in [4.69, 9.17) is 34.6 Å². The number of ketones is 1. The molecule has 0 amide bonds. The first-order chi connectivity index (χ1) is 24.8. The van der Waals surface area contributed by atoms with Crippen molar-refractivity contribution in [2.45, 2.75) is 19.1 Å². The van der Waals surface area contributed by atoms with Gasteiger partial charge in [-0.15, -0.1) is 0 Å². The number of nitrogens with two attached hydrogens (primary N) is 1. The molecular formula is C39H33N7O5. The van der Waals surface area contributed by atoms with Crippen molar-refractivity contribution in [3.8, 4) is 34.6 Å². The lowest BCUT2D eigenvalue weighted by molar-refractivity contribution is -0.133. The molecule has 12 nitrogen and oxygen atoms in total. The molecule has 0 spiro atoms. The maximum atomic E-state index is 13.5. The Morgan fingerprint density at radius 2 is 1.24 bits per heavy atom. The average Bonchev–Trinajstić information content (AvgIpc) is 3.78. The molecule has 4 heterocycles. The van der Waals surface area contributed by atoms with E-state index in [2.05, 4.69) is 9.97 Å². The summed E-state index contributed by atoms with van der Waals surface area (Å²) in [6.07, 6.45) is 3.44. The number of imidazole rings is 2. The smallest absolute Gasteiger partial charge is 0.215 e. The largest absolute Gasteiger partial charge is 0.497 e. The van der Waals surface area contributed by atoms with Crippen molar-refractivity contribution in [1.29, 1.82) is 0 Å². The topological polar surface area (TPSA) is 141 Å². The van der Waals surface area contributed by atoms with E-state index in [-0.39, 0.29) is 18.8 Å². The molecule has 0 fully saturated rings. The maximum absolute atomic E-state index is 13.5. The number of Topliss-reactive ketones (excluding diaryl/α,β-unsaturated/α-hetero) is 1. The van der Waals surface area contributed by atoms with Crippen LogP contribution in [0.15, 0.2) is 110 Å². The van der Waals surface area contributed by atoms with Gasteiger partial charge in [0.2, 0.25) is 5.72 Å². The van der Waals surface area contributed by atoms with Crippen LogP contribution in [0.5, 0.6) is 23.0 Å². The molecule has 4 aromatic heterocycles. The fraction of sp³-hybridized carbons (Fsp3) is 0.154. The van der Waals surface area contributed by atoms with E-state index in [0.29, 0.717) is 34.2 Å². The fourth-order valence-corrected chi connectivity index (χ4v) is 6.08. The van der Waals surface area contributed by atoms with Crippen LogP contribution in [0.4, 0.5) is 0 Å². The Morgan fingerprint density at radius 3 is 1.78 bits per heavy atom. The summed E-state index contributed by atoms with van der Waals surface area (Å²) in [5.74, 6) is 3.36. The van der Waals surface area contributed by atoms with Crippen LogP contribution in [-0.2, 0) is 4.79 Å². The third kappa shape index (κ3) is 5.91. The summed E-state index contributed by atoms with van der Waals surface area (Å²) in [6, 6.07) is 30.3. The van der Waals surface area contributed by atoms with E-state index in [1.807, 2.05) is 100 Å². The Bertz CT molecular complexity index is 2590. The number of methoxy groups -OCH3 is 2. The van der Waals surface area contributed by atoms with Crippen molar-refractivity contribution in [3.05, 3.63) is 110 Å². The Kier molecular flexibility index (Phi) is 7.92. The number of hydrogen-bond donors (Lipinski definition) is 1. The first kappa shape index (κ1) is 31.7. The summed E-state index contributed by atoms with van der Waals surface area (Å²) in [7, 11) is 3.25. The Hall–Kier alpha value is -6.53. The first-order valence-electron chi connectivity index (χ1n) is 16.3. The van der Waals surface area contributed by atoms with Gasteiger partial charge in [0.15, 0.2) is 5.78 Å². The Morgan fingerprint density at radius 1 is 0.706 bits per heavy atom. The van der Waals surface area contributed by atoms with Gasteiger partial charge in [-0.25, -0.2) is 19.9 Å². The van der Waals surface area contributed by atoms with Gasteiger partial charge in [0.25, 0.3) is 0 Å². The zero-order chi connectivity index (χ0) is 35.1. The minimum absolute atomic E-state index is 0.00496. The number of hydrogen-bond acceptors (Lipinski definition) is 10. The van der Waals surface area contributed by atoms with E-state index in [1.54, 1.807) is 39.9 Å². The fourth-order valence-electron chi connectivity index (χ4n) is 6.08. The third-order valence-corrected chi connectivity index (χ3v) is 8.80. The van der Waals surface area contributed by atoms with Crippen LogP contribution in [0, 0.1) is 0 Å². The van der Waals surface area contributed by atoms with E-state index in [0.717, 1.165) is 44.3 Å². The minimum atomic E-state index is -1.65. The number of pyridine rings is 2. The monoisotopic (exact) mass is 679 g/mol. The molecule has 0 saturated heterocycles. The number of ether oxygens (including phenoxy) is 4. The number of aromatic nitrogens is 6. The lowest BCUT2D eigenvalue weighted by Crippen LogP contribution is -2.50. The molecule has 1 atom stereocenters. The van der Waals surface area contributed by atoms with E-state index >= 15 is 0 Å². The van der Waals surface area contributed by atoms with E-state index in [9.17, 15) is 4.79 Å². The molecule has 8 aromatic rings. The van der Waals surface area contributed by atoms with Crippen LogP contribution in [0.25, 0.3) is 55.5 Å². The van der Waals surface area contributed by atoms with Crippen molar-refractivity contribution >= 4 is 49.7 Å². The standard InChI is InChI=1S/C39H33N7O5/c1-39(40,51-33-9-5-7-25-11-17-36(44-38(25)33)46-23-42-29-21-27(49-3)13-15-31(29)46)34(47)18-19-50-32-8-4-6-24-10-16-35(43-37(24)32)45-22-41-28-20-26(48-2)12-14-30(28)45/h4-17,20-23H,18-19,40H2,1-3H3. The second-order valence-corrected chi connectivity index (χ2v) is 12.2. The SMILES string of the molecule is COc1ccc2c(c1)ncn2-c1ccc2cccc(OCCC(=O)C(C)(N)Oc3cccc4ccc(-n5cnc6cc(OC)ccc65)nc34)c2n1. The second kappa shape index (κ2) is 12.7. The summed E-state index contributed by atoms with van der Waals surface area (Å²) in [5.41, 5.74) is 9.41. The van der Waals surface area contributed by atoms with Gasteiger partial charge in [-0.05, 0) is 67.6 Å². The highest BCUT2D eigenvalue weighted by Gasteiger charge is 2.31. The van der Waals surface area contributed by atoms with Gasteiger partial charge < -0.3 is 18.9 Å². The van der Waals surface area contributed by atoms with Crippen LogP contribution in [-0.4, -0.2) is 61.4 Å². The van der Waals surface area contributed by atoms with Gasteiger partial charge in [0.05, 0.1) is 42.9 Å². The molecule has 254 valence electrons. The lowest BCUT2D eigenvalue weighted by Gasteiger charge is -2.25. The highest BCUT2D eigenvalue weighted by Crippen LogP contribution is 2.31. The van der Waals surface area contributed by atoms with Crippen LogP contribution in [0.2, 0.25) is 0 Å². The first-order valence-corrected chi connectivity index (χ1v) is 16.3. The van der Waals surface area contributed by atoms with Crippen LogP contribution in [0.1, 0.15) is 13.3 Å². The summed E-state index contributed by atoms with van der Waals surface area (Å²) < 4.78 is 26.8. The molecule has 2 N–H and O–H groups in total. The van der Waals surface area contributed by atoms with Crippen LogP contribution in [0.3, 0.4) is 0 Å². The van der Waals surface area contributed by atoms with Crippen LogP contribution < -0.4 is 24.7 Å². The highest BCUT2D eigenvalue weighted by atomic mass is 16.5. The van der Waals surface area contributed by atoms with Crippen molar-refractivity contribution < 1.29 is 23.7 Å². The normalized spacial score (nSPS) is 12.7. The molecule has 0 bridgehead atoms. The second-order valence-electron chi connectivity index (χ2n) is 12.2. The number of nitrogens with zero attached hydrogens (tertiary/aromatic N) is 6. The van der Waals surface area contributed by atoms with Crippen molar-refractivity contribution in [3.63, 3.8) is 0 Å². The summed E-state index contributed by atoms with van der Waals surface area (Å²) in [5, 5.41) is 1.73. The van der Waals surface area contributed by atoms with Crippen molar-refractivity contribution in [2.75, 3.05) is 20.8 Å². The molecule has 1 unspecified atom stereocenters. The summed E-state index contributed by atoms with van der Waals surface area (Å²) in [4.78, 5) is 32.3. The third-order valence-electron chi connectivity index (χ3n) is 8.80. The summed E-state index contributed by atoms with van der Waals surface area (Å²) >= 11 is 0. The van der Waals surface area contributed by atoms with Gasteiger partial charge in [-0.2, -0.15) is 0 Å². The number of carbonyl (C=O) groups excluding carboxylic acids is 1. The molecule has 0 aliphatic carbocycles. The van der Waals surface area contributed by atoms with E-state index < -0.39 is 5.72 Å². The van der Waals surface area contributed by atoms with Gasteiger partial charge in [0, 0.05) is 29.3 Å². The maximum Gasteiger partial charge on any atom is 0.215 e. The molecule has 8 rings (SSSR count). The van der Waals surface area contributed by atoms with Gasteiger partial charge >= 0.3 is 0 Å². The predicted octanol–water partition coefficient (Wildman–Crippen LogP) is 6.57. The number of fused-ring (bicyclic) bond motifs is 4. The highest BCUT2D eigenvalue weighted by molar-refractivity contribution is 5.90. The average molecular weight is 680 g/mol. The molecule has 12 heteroatoms. The molecule has 0 aliphatic heterocycles. The molecular weight excluding hydrogens is 646 g/mol. The minimum Gasteiger partial charge on any atom is -0.497 e. The Labute approximate surface area is 292 Å². The van der Waals surface area contributed by atoms with Crippen molar-refractivity contribution in [2.24, 2.45) is 5.73 Å². The van der Waals surface area contributed by atoms with Crippen LogP contribution >= 0.6 is 0 Å². The molecule has 4 aromatic carbocycles. The molecule has 0 aliphatic rings. The number of rotatable bonds is 11.